The maximum Gasteiger partial charge on any atom is 0.256 e. The Balaban J connectivity index is 1.83. The highest BCUT2D eigenvalue weighted by molar-refractivity contribution is 7.92. The minimum absolute atomic E-state index is 0.201. The van der Waals surface area contributed by atoms with Crippen LogP contribution in [0.1, 0.15) is 53.6 Å². The van der Waals surface area contributed by atoms with Crippen LogP contribution in [-0.4, -0.2) is 19.6 Å². The van der Waals surface area contributed by atoms with Gasteiger partial charge in [0.15, 0.2) is 9.84 Å². The fourth-order valence-corrected chi connectivity index (χ4v) is 5.62. The number of nitriles is 1. The van der Waals surface area contributed by atoms with Gasteiger partial charge < -0.3 is 5.32 Å². The standard InChI is InChI=1S/C20H22N2O3S2/c1-12(2)27(24,25)15-7-5-14(6-8-15)19(23)22-20-17(11-21)16-9-4-13(3)10-18(16)26-20/h5-8,12-13H,4,9-10H2,1-3H3,(H,22,23). The van der Waals surface area contributed by atoms with Crippen LogP contribution in [0.25, 0.3) is 0 Å². The summed E-state index contributed by atoms with van der Waals surface area (Å²) in [6.45, 7) is 5.44. The normalized spacial score (nSPS) is 16.6. The Labute approximate surface area is 164 Å². The van der Waals surface area contributed by atoms with Gasteiger partial charge in [-0.3, -0.25) is 4.79 Å². The number of nitrogens with one attached hydrogen (secondary N) is 1. The van der Waals surface area contributed by atoms with E-state index in [1.165, 1.54) is 40.5 Å². The molecule has 142 valence electrons. The van der Waals surface area contributed by atoms with Crippen molar-refractivity contribution in [2.75, 3.05) is 5.32 Å². The van der Waals surface area contributed by atoms with Crippen LogP contribution in [0.5, 0.6) is 0 Å². The third-order valence-corrected chi connectivity index (χ3v) is 8.26. The molecule has 0 radical (unpaired) electrons. The lowest BCUT2D eigenvalue weighted by Crippen LogP contribution is -2.15. The Bertz CT molecular complexity index is 1010. The van der Waals surface area contributed by atoms with E-state index in [1.807, 2.05) is 0 Å². The molecule has 1 heterocycles. The van der Waals surface area contributed by atoms with Crippen LogP contribution >= 0.6 is 11.3 Å². The zero-order chi connectivity index (χ0) is 19.8. The minimum atomic E-state index is -3.37. The van der Waals surface area contributed by atoms with Gasteiger partial charge in [-0.1, -0.05) is 6.92 Å². The molecule has 5 nitrogen and oxygen atoms in total. The summed E-state index contributed by atoms with van der Waals surface area (Å²) in [6.07, 6.45) is 2.86. The average Bonchev–Trinajstić information content (AvgIpc) is 2.97. The first-order valence-electron chi connectivity index (χ1n) is 8.94. The molecule has 27 heavy (non-hydrogen) atoms. The molecule has 0 spiro atoms. The minimum Gasteiger partial charge on any atom is -0.312 e. The molecule has 0 saturated heterocycles. The zero-order valence-electron chi connectivity index (χ0n) is 15.6. The van der Waals surface area contributed by atoms with Crippen LogP contribution < -0.4 is 5.32 Å². The Morgan fingerprint density at radius 2 is 1.96 bits per heavy atom. The van der Waals surface area contributed by atoms with Crippen molar-refractivity contribution in [1.82, 2.24) is 0 Å². The number of carbonyl (C=O) groups is 1. The zero-order valence-corrected chi connectivity index (χ0v) is 17.2. The predicted molar refractivity (Wildman–Crippen MR) is 107 cm³/mol. The molecule has 1 atom stereocenters. The highest BCUT2D eigenvalue weighted by Gasteiger charge is 2.25. The smallest absolute Gasteiger partial charge is 0.256 e. The number of carbonyl (C=O) groups excluding carboxylic acids is 1. The van der Waals surface area contributed by atoms with E-state index in [0.29, 0.717) is 22.0 Å². The van der Waals surface area contributed by atoms with Crippen molar-refractivity contribution in [3.05, 3.63) is 45.8 Å². The maximum absolute atomic E-state index is 12.6. The first-order chi connectivity index (χ1) is 12.7. The summed E-state index contributed by atoms with van der Waals surface area (Å²) in [7, 11) is -3.37. The summed E-state index contributed by atoms with van der Waals surface area (Å²) in [5, 5.41) is 12.4. The van der Waals surface area contributed by atoms with Gasteiger partial charge in [0.25, 0.3) is 5.91 Å². The molecule has 7 heteroatoms. The molecule has 0 saturated carbocycles. The summed E-state index contributed by atoms with van der Waals surface area (Å²) in [5.41, 5.74) is 1.99. The van der Waals surface area contributed by atoms with E-state index in [0.717, 1.165) is 24.8 Å². The monoisotopic (exact) mass is 402 g/mol. The van der Waals surface area contributed by atoms with Crippen LogP contribution in [0.2, 0.25) is 0 Å². The number of thiophene rings is 1. The third-order valence-electron chi connectivity index (χ3n) is 4.92. The highest BCUT2D eigenvalue weighted by Crippen LogP contribution is 2.39. The van der Waals surface area contributed by atoms with E-state index in [-0.39, 0.29) is 10.8 Å². The lowest BCUT2D eigenvalue weighted by atomic mass is 9.88. The quantitative estimate of drug-likeness (QED) is 0.831. The second kappa shape index (κ2) is 7.45. The molecule has 3 rings (SSSR count). The van der Waals surface area contributed by atoms with E-state index < -0.39 is 15.1 Å². The van der Waals surface area contributed by atoms with Crippen molar-refractivity contribution in [2.24, 2.45) is 5.92 Å². The van der Waals surface area contributed by atoms with E-state index in [2.05, 4.69) is 18.3 Å². The summed E-state index contributed by atoms with van der Waals surface area (Å²) >= 11 is 1.47. The number of sulfone groups is 1. The van der Waals surface area contributed by atoms with Gasteiger partial charge in [-0.2, -0.15) is 5.26 Å². The van der Waals surface area contributed by atoms with E-state index in [1.54, 1.807) is 13.8 Å². The molecule has 0 bridgehead atoms. The number of rotatable bonds is 4. The SMILES string of the molecule is CC1CCc2c(sc(NC(=O)c3ccc(S(=O)(=O)C(C)C)cc3)c2C#N)C1. The number of anilines is 1. The van der Waals surface area contributed by atoms with Gasteiger partial charge >= 0.3 is 0 Å². The van der Waals surface area contributed by atoms with Crippen molar-refractivity contribution in [1.29, 1.82) is 5.26 Å². The Morgan fingerprint density at radius 3 is 2.56 bits per heavy atom. The third kappa shape index (κ3) is 3.78. The number of amides is 1. The predicted octanol–water partition coefficient (Wildman–Crippen LogP) is 4.18. The topological polar surface area (TPSA) is 87.0 Å². The molecule has 0 aliphatic heterocycles. The highest BCUT2D eigenvalue weighted by atomic mass is 32.2. The summed E-state index contributed by atoms with van der Waals surface area (Å²) < 4.78 is 24.4. The summed E-state index contributed by atoms with van der Waals surface area (Å²) in [6, 6.07) is 8.16. The lowest BCUT2D eigenvalue weighted by molar-refractivity contribution is 0.102. The molecule has 0 fully saturated rings. The molecule has 1 amide bonds. The summed E-state index contributed by atoms with van der Waals surface area (Å²) in [4.78, 5) is 14.0. The number of hydrogen-bond donors (Lipinski definition) is 1. The van der Waals surface area contributed by atoms with Crippen molar-refractivity contribution in [3.8, 4) is 6.07 Å². The van der Waals surface area contributed by atoms with Crippen molar-refractivity contribution in [3.63, 3.8) is 0 Å². The van der Waals surface area contributed by atoms with Crippen LogP contribution in [-0.2, 0) is 22.7 Å². The second-order valence-corrected chi connectivity index (χ2v) is 10.8. The van der Waals surface area contributed by atoms with Crippen molar-refractivity contribution >= 4 is 32.1 Å². The number of benzene rings is 1. The molecule has 1 N–H and O–H groups in total. The second-order valence-electron chi connectivity index (χ2n) is 7.24. The van der Waals surface area contributed by atoms with Gasteiger partial charge in [-0.25, -0.2) is 8.42 Å². The fraction of sp³-hybridized carbons (Fsp3) is 0.400. The molecule has 1 aliphatic rings. The van der Waals surface area contributed by atoms with Gasteiger partial charge in [0.2, 0.25) is 0 Å². The molecule has 1 aliphatic carbocycles. The van der Waals surface area contributed by atoms with E-state index in [4.69, 9.17) is 0 Å². The molecular weight excluding hydrogens is 380 g/mol. The lowest BCUT2D eigenvalue weighted by Gasteiger charge is -2.17. The number of fused-ring (bicyclic) bond motifs is 1. The van der Waals surface area contributed by atoms with E-state index >= 15 is 0 Å². The van der Waals surface area contributed by atoms with E-state index in [9.17, 15) is 18.5 Å². The number of nitrogens with zero attached hydrogens (tertiary/aromatic N) is 1. The fourth-order valence-electron chi connectivity index (χ4n) is 3.20. The first-order valence-corrected chi connectivity index (χ1v) is 11.3. The van der Waals surface area contributed by atoms with Crippen molar-refractivity contribution < 1.29 is 13.2 Å². The molecule has 1 unspecified atom stereocenters. The molecular formula is C20H22N2O3S2. The number of hydrogen-bond acceptors (Lipinski definition) is 5. The van der Waals surface area contributed by atoms with Crippen LogP contribution in [0, 0.1) is 17.2 Å². The Hall–Kier alpha value is -2.17. The van der Waals surface area contributed by atoms with Crippen molar-refractivity contribution in [2.45, 2.75) is 50.2 Å². The van der Waals surface area contributed by atoms with Gasteiger partial charge in [-0.15, -0.1) is 11.3 Å². The van der Waals surface area contributed by atoms with Gasteiger partial charge in [0.1, 0.15) is 11.1 Å². The maximum atomic E-state index is 12.6. The molecule has 1 aromatic heterocycles. The van der Waals surface area contributed by atoms with Crippen LogP contribution in [0.3, 0.4) is 0 Å². The largest absolute Gasteiger partial charge is 0.312 e. The first kappa shape index (κ1) is 19.6. The van der Waals surface area contributed by atoms with Gasteiger partial charge in [-0.05, 0) is 68.9 Å². The summed E-state index contributed by atoms with van der Waals surface area (Å²) in [5.74, 6) is 0.244. The average molecular weight is 403 g/mol. The van der Waals surface area contributed by atoms with Crippen LogP contribution in [0.4, 0.5) is 5.00 Å². The Morgan fingerprint density at radius 1 is 1.30 bits per heavy atom. The van der Waals surface area contributed by atoms with Gasteiger partial charge in [0, 0.05) is 10.4 Å². The van der Waals surface area contributed by atoms with Gasteiger partial charge in [0.05, 0.1) is 15.7 Å². The molecule has 2 aromatic rings. The molecule has 1 aromatic carbocycles. The van der Waals surface area contributed by atoms with Crippen LogP contribution in [0.15, 0.2) is 29.2 Å². The Kier molecular flexibility index (Phi) is 5.41.